The van der Waals surface area contributed by atoms with Crippen molar-refractivity contribution in [3.63, 3.8) is 0 Å². The highest BCUT2D eigenvalue weighted by Crippen LogP contribution is 2.62. The Hall–Kier alpha value is -0.0400. The van der Waals surface area contributed by atoms with Crippen LogP contribution in [-0.2, 0) is 0 Å². The number of hydrogen-bond acceptors (Lipinski definition) is 1. The van der Waals surface area contributed by atoms with Crippen LogP contribution in [0.5, 0.6) is 0 Å². The second-order valence-corrected chi connectivity index (χ2v) is 6.93. The highest BCUT2D eigenvalue weighted by atomic mass is 14.8. The van der Waals surface area contributed by atoms with E-state index < -0.39 is 0 Å². The highest BCUT2D eigenvalue weighted by Gasteiger charge is 2.55. The molecular formula is C14H25N. The summed E-state index contributed by atoms with van der Waals surface area (Å²) in [5.74, 6) is 1.99. The first-order valence-corrected chi connectivity index (χ1v) is 6.92. The van der Waals surface area contributed by atoms with Crippen molar-refractivity contribution in [2.75, 3.05) is 0 Å². The summed E-state index contributed by atoms with van der Waals surface area (Å²) in [6, 6.07) is 0. The predicted octanol–water partition coefficient (Wildman–Crippen LogP) is 3.47. The van der Waals surface area contributed by atoms with E-state index in [2.05, 4.69) is 6.92 Å². The molecule has 2 unspecified atom stereocenters. The summed E-state index contributed by atoms with van der Waals surface area (Å²) in [4.78, 5) is 0. The lowest BCUT2D eigenvalue weighted by atomic mass is 9.46. The number of hydrogen-bond donors (Lipinski definition) is 1. The van der Waals surface area contributed by atoms with Gasteiger partial charge in [0.15, 0.2) is 0 Å². The molecule has 0 aromatic carbocycles. The zero-order valence-electron chi connectivity index (χ0n) is 10.1. The van der Waals surface area contributed by atoms with Gasteiger partial charge in [0, 0.05) is 5.54 Å². The van der Waals surface area contributed by atoms with Gasteiger partial charge in [0.05, 0.1) is 0 Å². The van der Waals surface area contributed by atoms with Gasteiger partial charge in [-0.2, -0.15) is 0 Å². The Morgan fingerprint density at radius 1 is 1.13 bits per heavy atom. The minimum atomic E-state index is 0.262. The third kappa shape index (κ3) is 1.63. The van der Waals surface area contributed by atoms with Crippen LogP contribution in [-0.4, -0.2) is 5.54 Å². The predicted molar refractivity (Wildman–Crippen MR) is 63.6 cm³/mol. The van der Waals surface area contributed by atoms with Crippen LogP contribution < -0.4 is 5.73 Å². The minimum absolute atomic E-state index is 0.262. The van der Waals surface area contributed by atoms with Crippen LogP contribution >= 0.6 is 0 Å². The lowest BCUT2D eigenvalue weighted by Crippen LogP contribution is -2.60. The number of unbranched alkanes of at least 4 members (excludes halogenated alkanes) is 1. The second kappa shape index (κ2) is 3.23. The fourth-order valence-electron chi connectivity index (χ4n) is 5.37. The lowest BCUT2D eigenvalue weighted by molar-refractivity contribution is -0.0720. The lowest BCUT2D eigenvalue weighted by Gasteiger charge is -2.61. The Morgan fingerprint density at radius 3 is 2.33 bits per heavy atom. The fraction of sp³-hybridized carbons (Fsp3) is 1.00. The Bertz CT molecular complexity index is 244. The maximum absolute atomic E-state index is 6.58. The SMILES string of the molecule is CCCCC12CC3CC(CC(N)(C3)C1)C2. The first-order valence-electron chi connectivity index (χ1n) is 6.92. The molecule has 15 heavy (non-hydrogen) atoms. The molecule has 0 spiro atoms. The third-order valence-electron chi connectivity index (χ3n) is 5.29. The Balaban J connectivity index is 1.80. The van der Waals surface area contributed by atoms with E-state index in [1.165, 1.54) is 57.8 Å². The molecule has 4 aliphatic carbocycles. The maximum Gasteiger partial charge on any atom is 0.0164 e. The molecule has 86 valence electrons. The van der Waals surface area contributed by atoms with Crippen molar-refractivity contribution in [1.82, 2.24) is 0 Å². The van der Waals surface area contributed by atoms with Gasteiger partial charge in [0.1, 0.15) is 0 Å². The molecule has 0 aromatic heterocycles. The summed E-state index contributed by atoms with van der Waals surface area (Å²) < 4.78 is 0. The van der Waals surface area contributed by atoms with Gasteiger partial charge in [-0.3, -0.25) is 0 Å². The van der Waals surface area contributed by atoms with Gasteiger partial charge in [0.2, 0.25) is 0 Å². The molecule has 2 atom stereocenters. The van der Waals surface area contributed by atoms with Crippen LogP contribution in [0.2, 0.25) is 0 Å². The molecule has 4 saturated carbocycles. The van der Waals surface area contributed by atoms with Gasteiger partial charge in [-0.15, -0.1) is 0 Å². The Morgan fingerprint density at radius 2 is 1.80 bits per heavy atom. The van der Waals surface area contributed by atoms with Gasteiger partial charge in [-0.25, -0.2) is 0 Å². The zero-order valence-corrected chi connectivity index (χ0v) is 10.1. The van der Waals surface area contributed by atoms with E-state index in [1.807, 2.05) is 0 Å². The molecule has 4 fully saturated rings. The molecule has 1 nitrogen and oxygen atoms in total. The first kappa shape index (κ1) is 10.1. The van der Waals surface area contributed by atoms with E-state index >= 15 is 0 Å². The van der Waals surface area contributed by atoms with Crippen molar-refractivity contribution in [3.05, 3.63) is 0 Å². The summed E-state index contributed by atoms with van der Waals surface area (Å²) in [5, 5.41) is 0. The zero-order chi connectivity index (χ0) is 10.5. The average Bonchev–Trinajstić information content (AvgIpc) is 2.10. The summed E-state index contributed by atoms with van der Waals surface area (Å²) in [6.45, 7) is 2.32. The van der Waals surface area contributed by atoms with E-state index in [9.17, 15) is 0 Å². The number of nitrogens with two attached hydrogens (primary N) is 1. The summed E-state index contributed by atoms with van der Waals surface area (Å²) >= 11 is 0. The molecular weight excluding hydrogens is 182 g/mol. The van der Waals surface area contributed by atoms with Crippen molar-refractivity contribution in [2.45, 2.75) is 70.3 Å². The van der Waals surface area contributed by atoms with E-state index in [0.29, 0.717) is 5.41 Å². The van der Waals surface area contributed by atoms with Gasteiger partial charge in [-0.05, 0) is 62.2 Å². The van der Waals surface area contributed by atoms with Gasteiger partial charge in [-0.1, -0.05) is 19.8 Å². The van der Waals surface area contributed by atoms with Crippen LogP contribution in [0.4, 0.5) is 0 Å². The quantitative estimate of drug-likeness (QED) is 0.753. The van der Waals surface area contributed by atoms with Crippen LogP contribution in [0.1, 0.15) is 64.7 Å². The van der Waals surface area contributed by atoms with Crippen molar-refractivity contribution >= 4 is 0 Å². The standard InChI is InChI=1S/C14H25N/c1-2-3-4-13-6-11-5-12(7-13)9-14(15,8-11)10-13/h11-12H,2-10,15H2,1H3. The van der Waals surface area contributed by atoms with Crippen molar-refractivity contribution in [3.8, 4) is 0 Å². The number of rotatable bonds is 3. The minimum Gasteiger partial charge on any atom is -0.325 e. The molecule has 4 aliphatic rings. The molecule has 0 amide bonds. The first-order chi connectivity index (χ1) is 7.13. The van der Waals surface area contributed by atoms with Crippen molar-refractivity contribution < 1.29 is 0 Å². The monoisotopic (exact) mass is 207 g/mol. The Labute approximate surface area is 93.8 Å². The van der Waals surface area contributed by atoms with E-state index in [1.54, 1.807) is 0 Å². The molecule has 4 bridgehead atoms. The highest BCUT2D eigenvalue weighted by molar-refractivity contribution is 5.10. The largest absolute Gasteiger partial charge is 0.325 e. The van der Waals surface area contributed by atoms with Crippen molar-refractivity contribution in [1.29, 1.82) is 0 Å². The molecule has 0 radical (unpaired) electrons. The molecule has 0 aromatic rings. The molecule has 0 saturated heterocycles. The van der Waals surface area contributed by atoms with Gasteiger partial charge in [0.25, 0.3) is 0 Å². The second-order valence-electron chi connectivity index (χ2n) is 6.93. The van der Waals surface area contributed by atoms with Crippen molar-refractivity contribution in [2.24, 2.45) is 23.0 Å². The van der Waals surface area contributed by atoms with Crippen LogP contribution in [0, 0.1) is 17.3 Å². The molecule has 4 rings (SSSR count). The smallest absolute Gasteiger partial charge is 0.0164 e. The van der Waals surface area contributed by atoms with E-state index in [-0.39, 0.29) is 5.54 Å². The summed E-state index contributed by atoms with van der Waals surface area (Å²) in [6.07, 6.45) is 12.8. The summed E-state index contributed by atoms with van der Waals surface area (Å²) in [7, 11) is 0. The van der Waals surface area contributed by atoms with Crippen LogP contribution in [0.3, 0.4) is 0 Å². The molecule has 0 heterocycles. The van der Waals surface area contributed by atoms with Crippen LogP contribution in [0.15, 0.2) is 0 Å². The van der Waals surface area contributed by atoms with E-state index in [4.69, 9.17) is 5.73 Å². The fourth-order valence-corrected chi connectivity index (χ4v) is 5.37. The average molecular weight is 207 g/mol. The van der Waals surface area contributed by atoms with E-state index in [0.717, 1.165) is 11.8 Å². The molecule has 1 heteroatoms. The molecule has 2 N–H and O–H groups in total. The Kier molecular flexibility index (Phi) is 2.18. The van der Waals surface area contributed by atoms with Crippen LogP contribution in [0.25, 0.3) is 0 Å². The normalized spacial score (nSPS) is 52.4. The maximum atomic E-state index is 6.58. The molecule has 0 aliphatic heterocycles. The topological polar surface area (TPSA) is 26.0 Å². The third-order valence-corrected chi connectivity index (χ3v) is 5.29. The summed E-state index contributed by atoms with van der Waals surface area (Å²) in [5.41, 5.74) is 7.53. The van der Waals surface area contributed by atoms with Gasteiger partial charge >= 0.3 is 0 Å². The van der Waals surface area contributed by atoms with Gasteiger partial charge < -0.3 is 5.73 Å².